The smallest absolute Gasteiger partial charge is 0.408 e. The van der Waals surface area contributed by atoms with E-state index < -0.39 is 69.9 Å². The van der Waals surface area contributed by atoms with E-state index in [1.54, 1.807) is 106 Å². The number of alkyl carbamates (subject to hydrolysis) is 1. The Bertz CT molecular complexity index is 2090. The number of esters is 1. The molecule has 3 aromatic carbocycles. The van der Waals surface area contributed by atoms with Crippen molar-refractivity contribution in [1.82, 2.24) is 31.9 Å². The molecule has 0 saturated carbocycles. The van der Waals surface area contributed by atoms with Gasteiger partial charge in [-0.2, -0.15) is 0 Å². The zero-order chi connectivity index (χ0) is 44.9. The third-order valence-electron chi connectivity index (χ3n) is 8.62. The first-order chi connectivity index (χ1) is 27.9. The van der Waals surface area contributed by atoms with Gasteiger partial charge >= 0.3 is 12.1 Å². The van der Waals surface area contributed by atoms with Crippen LogP contribution in [0.4, 0.5) is 4.79 Å². The lowest BCUT2D eigenvalue weighted by Gasteiger charge is -2.30. The lowest BCUT2D eigenvalue weighted by molar-refractivity contribution is -0.149. The number of amides is 6. The number of hydrogen-bond acceptors (Lipinski definition) is 9. The standard InChI is InChI=1S/C45H56N6O9/c1-42(2,3)60-41(58)48-34(28-31-24-18-13-19-25-31)37(54)50-44(6,7)39(56)46-32(26-29-20-14-11-15-21-29)35(52)49-43(4,5)38(55)47-33(27-30-22-16-12-17-23-30)36(53)51-45(8,9)40(57)59-10/h11-27,34H,28H2,1-10H3,(H,46,56)(H,47,55)(H,48,58)(H,49,52)(H,50,54)(H,51,53)/b32-26-,33-27-/t34-/m0/s1. The van der Waals surface area contributed by atoms with Gasteiger partial charge in [-0.15, -0.1) is 0 Å². The molecule has 0 bridgehead atoms. The number of benzene rings is 3. The quantitative estimate of drug-likeness (QED) is 0.0898. The van der Waals surface area contributed by atoms with Gasteiger partial charge in [0.05, 0.1) is 7.11 Å². The summed E-state index contributed by atoms with van der Waals surface area (Å²) < 4.78 is 10.2. The minimum atomic E-state index is -1.72. The number of carbonyl (C=O) groups excluding carboxylic acids is 7. The molecule has 15 nitrogen and oxygen atoms in total. The first kappa shape index (κ1) is 47.6. The van der Waals surface area contributed by atoms with Crippen LogP contribution >= 0.6 is 0 Å². The Labute approximate surface area is 351 Å². The van der Waals surface area contributed by atoms with E-state index in [1.165, 1.54) is 60.8 Å². The van der Waals surface area contributed by atoms with Crippen molar-refractivity contribution in [2.75, 3.05) is 7.11 Å². The first-order valence-corrected chi connectivity index (χ1v) is 19.2. The van der Waals surface area contributed by atoms with Crippen LogP contribution in [-0.2, 0) is 44.7 Å². The molecular formula is C45H56N6O9. The largest absolute Gasteiger partial charge is 0.467 e. The number of carbonyl (C=O) groups is 7. The number of nitrogens with one attached hydrogen (secondary N) is 6. The van der Waals surface area contributed by atoms with E-state index in [0.717, 1.165) is 5.56 Å². The van der Waals surface area contributed by atoms with E-state index in [4.69, 9.17) is 9.47 Å². The maximum absolute atomic E-state index is 14.0. The molecule has 320 valence electrons. The molecule has 0 fully saturated rings. The summed E-state index contributed by atoms with van der Waals surface area (Å²) in [5.41, 5.74) is -4.38. The molecule has 60 heavy (non-hydrogen) atoms. The van der Waals surface area contributed by atoms with Crippen LogP contribution in [0.25, 0.3) is 12.2 Å². The molecular weight excluding hydrogens is 769 g/mol. The van der Waals surface area contributed by atoms with Gasteiger partial charge in [0.15, 0.2) is 0 Å². The monoisotopic (exact) mass is 824 g/mol. The van der Waals surface area contributed by atoms with Crippen molar-refractivity contribution in [2.45, 2.75) is 97.0 Å². The van der Waals surface area contributed by atoms with Crippen molar-refractivity contribution in [3.05, 3.63) is 119 Å². The molecule has 0 spiro atoms. The van der Waals surface area contributed by atoms with E-state index in [2.05, 4.69) is 31.9 Å². The zero-order valence-corrected chi connectivity index (χ0v) is 35.8. The summed E-state index contributed by atoms with van der Waals surface area (Å²) in [7, 11) is 1.18. The second-order valence-electron chi connectivity index (χ2n) is 16.5. The number of methoxy groups -OCH3 is 1. The van der Waals surface area contributed by atoms with Gasteiger partial charge in [-0.05, 0) is 91.2 Å². The molecule has 6 amide bonds. The van der Waals surface area contributed by atoms with Gasteiger partial charge in [-0.25, -0.2) is 9.59 Å². The summed E-state index contributed by atoms with van der Waals surface area (Å²) in [6.07, 6.45) is 2.05. The van der Waals surface area contributed by atoms with E-state index in [9.17, 15) is 33.6 Å². The summed E-state index contributed by atoms with van der Waals surface area (Å²) in [5.74, 6) is -4.72. The molecule has 0 aromatic heterocycles. The molecule has 3 rings (SSSR count). The van der Waals surface area contributed by atoms with Crippen LogP contribution in [0, 0.1) is 0 Å². The molecule has 1 atom stereocenters. The van der Waals surface area contributed by atoms with Crippen molar-refractivity contribution in [1.29, 1.82) is 0 Å². The predicted molar refractivity (Wildman–Crippen MR) is 227 cm³/mol. The lowest BCUT2D eigenvalue weighted by Crippen LogP contribution is -2.61. The van der Waals surface area contributed by atoms with Gasteiger partial charge in [0.25, 0.3) is 11.8 Å². The van der Waals surface area contributed by atoms with Gasteiger partial charge in [-0.1, -0.05) is 91.0 Å². The lowest BCUT2D eigenvalue weighted by atomic mass is 10.00. The average Bonchev–Trinajstić information content (AvgIpc) is 3.16. The maximum Gasteiger partial charge on any atom is 0.408 e. The van der Waals surface area contributed by atoms with Crippen LogP contribution in [0.1, 0.15) is 79.0 Å². The van der Waals surface area contributed by atoms with Gasteiger partial charge in [0, 0.05) is 6.42 Å². The molecule has 6 N–H and O–H groups in total. The minimum Gasteiger partial charge on any atom is -0.467 e. The van der Waals surface area contributed by atoms with Crippen LogP contribution in [0.2, 0.25) is 0 Å². The molecule has 0 heterocycles. The Hall–Kier alpha value is -6.77. The Morgan fingerprint density at radius 3 is 1.38 bits per heavy atom. The SMILES string of the molecule is COC(=O)C(C)(C)NC(=O)/C(=C/c1ccccc1)NC(=O)C(C)(C)NC(=O)/C(=C/c1ccccc1)NC(=O)C(C)(C)NC(=O)[C@H](Cc1ccccc1)NC(=O)OC(C)(C)C. The van der Waals surface area contributed by atoms with E-state index in [-0.39, 0.29) is 17.8 Å². The molecule has 0 aliphatic carbocycles. The highest BCUT2D eigenvalue weighted by Gasteiger charge is 2.38. The van der Waals surface area contributed by atoms with E-state index in [1.807, 2.05) is 6.07 Å². The molecule has 0 saturated heterocycles. The molecule has 15 heteroatoms. The van der Waals surface area contributed by atoms with Gasteiger partial charge in [0.1, 0.15) is 39.7 Å². The summed E-state index contributed by atoms with van der Waals surface area (Å²) >= 11 is 0. The number of ether oxygens (including phenoxy) is 2. The summed E-state index contributed by atoms with van der Waals surface area (Å²) in [4.78, 5) is 94.2. The van der Waals surface area contributed by atoms with Crippen LogP contribution < -0.4 is 31.9 Å². The Morgan fingerprint density at radius 2 is 0.967 bits per heavy atom. The number of rotatable bonds is 16. The van der Waals surface area contributed by atoms with E-state index in [0.29, 0.717) is 11.1 Å². The highest BCUT2D eigenvalue weighted by Crippen LogP contribution is 2.15. The minimum absolute atomic E-state index is 0.0787. The fraction of sp³-hybridized carbons (Fsp3) is 0.356. The van der Waals surface area contributed by atoms with Crippen LogP contribution in [0.5, 0.6) is 0 Å². The zero-order valence-electron chi connectivity index (χ0n) is 35.8. The van der Waals surface area contributed by atoms with Crippen LogP contribution in [0.3, 0.4) is 0 Å². The fourth-order valence-electron chi connectivity index (χ4n) is 5.33. The highest BCUT2D eigenvalue weighted by molar-refractivity contribution is 6.08. The predicted octanol–water partition coefficient (Wildman–Crippen LogP) is 4.29. The maximum atomic E-state index is 14.0. The second kappa shape index (κ2) is 20.3. The third-order valence-corrected chi connectivity index (χ3v) is 8.62. The van der Waals surface area contributed by atoms with Crippen molar-refractivity contribution in [3.63, 3.8) is 0 Å². The average molecular weight is 825 g/mol. The van der Waals surface area contributed by atoms with Crippen molar-refractivity contribution < 1.29 is 43.0 Å². The summed E-state index contributed by atoms with van der Waals surface area (Å²) in [5, 5.41) is 15.6. The Morgan fingerprint density at radius 1 is 0.567 bits per heavy atom. The third kappa shape index (κ3) is 14.9. The van der Waals surface area contributed by atoms with Gasteiger partial charge in [-0.3, -0.25) is 24.0 Å². The Balaban J connectivity index is 1.88. The van der Waals surface area contributed by atoms with Crippen LogP contribution in [0.15, 0.2) is 102 Å². The highest BCUT2D eigenvalue weighted by atomic mass is 16.6. The topological polar surface area (TPSA) is 210 Å². The second-order valence-corrected chi connectivity index (χ2v) is 16.5. The summed E-state index contributed by atoms with van der Waals surface area (Å²) in [6, 6.07) is 25.1. The van der Waals surface area contributed by atoms with Crippen molar-refractivity contribution >= 4 is 53.8 Å². The first-order valence-electron chi connectivity index (χ1n) is 19.2. The normalized spacial score (nSPS) is 12.8. The Kier molecular flexibility index (Phi) is 16.1. The molecule has 0 aliphatic rings. The molecule has 3 aromatic rings. The van der Waals surface area contributed by atoms with Crippen molar-refractivity contribution in [3.8, 4) is 0 Å². The fourth-order valence-corrected chi connectivity index (χ4v) is 5.33. The van der Waals surface area contributed by atoms with Gasteiger partial charge in [0.2, 0.25) is 17.7 Å². The van der Waals surface area contributed by atoms with Crippen LogP contribution in [-0.4, -0.2) is 77.0 Å². The molecule has 0 aliphatic heterocycles. The van der Waals surface area contributed by atoms with Gasteiger partial charge < -0.3 is 41.4 Å². The molecule has 0 unspecified atom stereocenters. The molecule has 0 radical (unpaired) electrons. The van der Waals surface area contributed by atoms with E-state index >= 15 is 0 Å². The van der Waals surface area contributed by atoms with Crippen molar-refractivity contribution in [2.24, 2.45) is 0 Å². The summed E-state index contributed by atoms with van der Waals surface area (Å²) in [6.45, 7) is 13.6. The number of hydrogen-bond donors (Lipinski definition) is 6.